The van der Waals surface area contributed by atoms with Crippen LogP contribution < -0.4 is 0 Å². The van der Waals surface area contributed by atoms with Crippen LogP contribution in [0.1, 0.15) is 32.1 Å². The summed E-state index contributed by atoms with van der Waals surface area (Å²) in [6.07, 6.45) is 3.41. The number of hydrogen-bond donors (Lipinski definition) is 0. The molecule has 0 amide bonds. The first-order valence-electron chi connectivity index (χ1n) is 4.50. The van der Waals surface area contributed by atoms with Crippen LogP contribution in [0.4, 0.5) is 0 Å². The standard InChI is InChI=1S/C9H12O3/c10-7-5-4-6-2-1-3-8(7)12-9(6)11/h6,8H,1-5H2. The van der Waals surface area contributed by atoms with Crippen molar-refractivity contribution in [2.45, 2.75) is 38.2 Å². The van der Waals surface area contributed by atoms with Crippen molar-refractivity contribution < 1.29 is 14.3 Å². The topological polar surface area (TPSA) is 43.4 Å². The van der Waals surface area contributed by atoms with Crippen LogP contribution in [0.3, 0.4) is 0 Å². The number of fused-ring (bicyclic) bond motifs is 3. The molecule has 2 saturated heterocycles. The normalized spacial score (nSPS) is 35.7. The van der Waals surface area contributed by atoms with Crippen molar-refractivity contribution in [3.05, 3.63) is 0 Å². The molecule has 0 aromatic heterocycles. The summed E-state index contributed by atoms with van der Waals surface area (Å²) in [4.78, 5) is 22.6. The highest BCUT2D eigenvalue weighted by Crippen LogP contribution is 2.28. The van der Waals surface area contributed by atoms with Gasteiger partial charge in [0.1, 0.15) is 0 Å². The first-order valence-corrected chi connectivity index (χ1v) is 4.50. The van der Waals surface area contributed by atoms with Crippen molar-refractivity contribution in [3.63, 3.8) is 0 Å². The quantitative estimate of drug-likeness (QED) is 0.508. The highest BCUT2D eigenvalue weighted by atomic mass is 16.5. The molecule has 3 nitrogen and oxygen atoms in total. The largest absolute Gasteiger partial charge is 0.454 e. The maximum Gasteiger partial charge on any atom is 0.309 e. The minimum absolute atomic E-state index is 0.00134. The summed E-state index contributed by atoms with van der Waals surface area (Å²) >= 11 is 0. The Kier molecular flexibility index (Phi) is 1.87. The molecule has 2 rings (SSSR count). The monoisotopic (exact) mass is 168 g/mol. The van der Waals surface area contributed by atoms with Crippen LogP contribution in [0, 0.1) is 5.92 Å². The maximum absolute atomic E-state index is 11.3. The Morgan fingerprint density at radius 3 is 2.83 bits per heavy atom. The van der Waals surface area contributed by atoms with Gasteiger partial charge in [-0.25, -0.2) is 0 Å². The van der Waals surface area contributed by atoms with Gasteiger partial charge in [0.25, 0.3) is 0 Å². The minimum atomic E-state index is -0.412. The number of carbonyl (C=O) groups is 2. The molecule has 0 spiro atoms. The number of rotatable bonds is 0. The van der Waals surface area contributed by atoms with Crippen LogP contribution in [-0.2, 0) is 14.3 Å². The average Bonchev–Trinajstić information content (AvgIpc) is 2.27. The van der Waals surface area contributed by atoms with Crippen molar-refractivity contribution in [1.29, 1.82) is 0 Å². The molecule has 3 heteroatoms. The fourth-order valence-electron chi connectivity index (χ4n) is 1.93. The molecule has 2 unspecified atom stereocenters. The molecule has 2 aliphatic heterocycles. The number of ketones is 1. The molecular weight excluding hydrogens is 156 g/mol. The van der Waals surface area contributed by atoms with Gasteiger partial charge in [-0.3, -0.25) is 9.59 Å². The molecule has 2 atom stereocenters. The maximum atomic E-state index is 11.3. The van der Waals surface area contributed by atoms with E-state index in [9.17, 15) is 9.59 Å². The first kappa shape index (κ1) is 7.77. The van der Waals surface area contributed by atoms with Gasteiger partial charge in [-0.15, -0.1) is 0 Å². The van der Waals surface area contributed by atoms with E-state index in [4.69, 9.17) is 4.74 Å². The number of ether oxygens (including phenoxy) is 1. The van der Waals surface area contributed by atoms with Gasteiger partial charge in [0.2, 0.25) is 0 Å². The lowest BCUT2D eigenvalue weighted by Gasteiger charge is -2.10. The van der Waals surface area contributed by atoms with Crippen LogP contribution in [0.25, 0.3) is 0 Å². The molecule has 2 bridgehead atoms. The van der Waals surface area contributed by atoms with E-state index in [2.05, 4.69) is 0 Å². The van der Waals surface area contributed by atoms with E-state index in [0.29, 0.717) is 12.8 Å². The highest BCUT2D eigenvalue weighted by molar-refractivity contribution is 5.88. The summed E-state index contributed by atoms with van der Waals surface area (Å²) in [5.41, 5.74) is 0. The Balaban J connectivity index is 2.22. The summed E-state index contributed by atoms with van der Waals surface area (Å²) in [6.45, 7) is 0. The lowest BCUT2D eigenvalue weighted by molar-refractivity contribution is -0.154. The molecule has 66 valence electrons. The predicted molar refractivity (Wildman–Crippen MR) is 41.5 cm³/mol. The van der Waals surface area contributed by atoms with Gasteiger partial charge in [-0.1, -0.05) is 0 Å². The second kappa shape index (κ2) is 2.88. The molecule has 12 heavy (non-hydrogen) atoms. The van der Waals surface area contributed by atoms with Crippen LogP contribution in [0.5, 0.6) is 0 Å². The number of Topliss-reactive ketones (excluding diaryl/α,β-unsaturated/α-hetero) is 1. The van der Waals surface area contributed by atoms with Crippen LogP contribution in [-0.4, -0.2) is 17.9 Å². The molecule has 0 radical (unpaired) electrons. The van der Waals surface area contributed by atoms with E-state index in [0.717, 1.165) is 19.3 Å². The minimum Gasteiger partial charge on any atom is -0.454 e. The predicted octanol–water partition coefficient (Wildman–Crippen LogP) is 1.06. The Morgan fingerprint density at radius 2 is 2.00 bits per heavy atom. The zero-order chi connectivity index (χ0) is 8.55. The number of carbonyl (C=O) groups excluding carboxylic acids is 2. The van der Waals surface area contributed by atoms with Gasteiger partial charge in [-0.05, 0) is 25.7 Å². The summed E-state index contributed by atoms with van der Waals surface area (Å²) in [5, 5.41) is 0. The molecule has 0 aromatic rings. The highest BCUT2D eigenvalue weighted by Gasteiger charge is 2.35. The number of hydrogen-bond acceptors (Lipinski definition) is 3. The van der Waals surface area contributed by atoms with Crippen molar-refractivity contribution in [1.82, 2.24) is 0 Å². The first-order chi connectivity index (χ1) is 5.77. The van der Waals surface area contributed by atoms with E-state index in [1.54, 1.807) is 0 Å². The Hall–Kier alpha value is -0.860. The van der Waals surface area contributed by atoms with Gasteiger partial charge in [0, 0.05) is 6.42 Å². The van der Waals surface area contributed by atoms with Crippen LogP contribution in [0.2, 0.25) is 0 Å². The van der Waals surface area contributed by atoms with Crippen LogP contribution in [0.15, 0.2) is 0 Å². The second-order valence-corrected chi connectivity index (χ2v) is 3.56. The SMILES string of the molecule is O=C1OC2CCCC1CCC2=O. The molecule has 0 aliphatic carbocycles. The molecule has 0 saturated carbocycles. The lowest BCUT2D eigenvalue weighted by atomic mass is 9.92. The third-order valence-electron chi connectivity index (χ3n) is 2.71. The summed E-state index contributed by atoms with van der Waals surface area (Å²) in [5.74, 6) is -0.0321. The van der Waals surface area contributed by atoms with Crippen molar-refractivity contribution in [2.75, 3.05) is 0 Å². The fourth-order valence-corrected chi connectivity index (χ4v) is 1.93. The molecular formula is C9H12O3. The van der Waals surface area contributed by atoms with Gasteiger partial charge >= 0.3 is 5.97 Å². The van der Waals surface area contributed by atoms with E-state index in [1.807, 2.05) is 0 Å². The molecule has 0 N–H and O–H groups in total. The molecule has 2 heterocycles. The molecule has 0 aromatic carbocycles. The van der Waals surface area contributed by atoms with Gasteiger partial charge in [0.15, 0.2) is 11.9 Å². The van der Waals surface area contributed by atoms with Gasteiger partial charge in [0.05, 0.1) is 5.92 Å². The fraction of sp³-hybridized carbons (Fsp3) is 0.778. The lowest BCUT2D eigenvalue weighted by Crippen LogP contribution is -2.23. The van der Waals surface area contributed by atoms with Gasteiger partial charge in [-0.2, -0.15) is 0 Å². The van der Waals surface area contributed by atoms with E-state index in [-0.39, 0.29) is 17.7 Å². The Morgan fingerprint density at radius 1 is 1.17 bits per heavy atom. The van der Waals surface area contributed by atoms with Crippen LogP contribution >= 0.6 is 0 Å². The summed E-state index contributed by atoms with van der Waals surface area (Å²) < 4.78 is 5.06. The summed E-state index contributed by atoms with van der Waals surface area (Å²) in [7, 11) is 0. The van der Waals surface area contributed by atoms with Crippen molar-refractivity contribution >= 4 is 11.8 Å². The smallest absolute Gasteiger partial charge is 0.309 e. The molecule has 2 fully saturated rings. The van der Waals surface area contributed by atoms with Crippen molar-refractivity contribution in [2.24, 2.45) is 5.92 Å². The van der Waals surface area contributed by atoms with E-state index < -0.39 is 6.10 Å². The Labute approximate surface area is 71.1 Å². The van der Waals surface area contributed by atoms with Crippen molar-refractivity contribution in [3.8, 4) is 0 Å². The third kappa shape index (κ3) is 1.24. The zero-order valence-corrected chi connectivity index (χ0v) is 6.91. The Bertz CT molecular complexity index is 222. The average molecular weight is 168 g/mol. The van der Waals surface area contributed by atoms with E-state index in [1.165, 1.54) is 0 Å². The molecule has 2 aliphatic rings. The summed E-state index contributed by atoms with van der Waals surface area (Å²) in [6, 6.07) is 0. The second-order valence-electron chi connectivity index (χ2n) is 3.56. The van der Waals surface area contributed by atoms with E-state index >= 15 is 0 Å². The third-order valence-corrected chi connectivity index (χ3v) is 2.71. The zero-order valence-electron chi connectivity index (χ0n) is 6.91. The number of esters is 1. The van der Waals surface area contributed by atoms with Gasteiger partial charge < -0.3 is 4.74 Å².